The molecular formula is C12H19N3O2S. The molecule has 0 unspecified atom stereocenters. The highest BCUT2D eigenvalue weighted by atomic mass is 32.1. The summed E-state index contributed by atoms with van der Waals surface area (Å²) in [4.78, 5) is 13.9. The minimum Gasteiger partial charge on any atom is -0.465 e. The average molecular weight is 269 g/mol. The summed E-state index contributed by atoms with van der Waals surface area (Å²) in [7, 11) is 3.37. The lowest BCUT2D eigenvalue weighted by molar-refractivity contribution is 0.0603. The second kappa shape index (κ2) is 5.56. The summed E-state index contributed by atoms with van der Waals surface area (Å²) in [6.07, 6.45) is 6.12. The number of nitrogens with zero attached hydrogens (tertiary/aromatic N) is 2. The van der Waals surface area contributed by atoms with Crippen molar-refractivity contribution in [3.8, 4) is 0 Å². The van der Waals surface area contributed by atoms with Gasteiger partial charge in [0, 0.05) is 13.1 Å². The van der Waals surface area contributed by atoms with Crippen LogP contribution in [-0.4, -0.2) is 30.5 Å². The fourth-order valence-corrected chi connectivity index (χ4v) is 3.30. The van der Waals surface area contributed by atoms with Gasteiger partial charge in [-0.3, -0.25) is 0 Å². The fourth-order valence-electron chi connectivity index (χ4n) is 2.46. The number of ether oxygens (including phenoxy) is 1. The SMILES string of the molecule is COC(=O)c1c(N)nsc1N(C)C1CCCCC1. The van der Waals surface area contributed by atoms with Crippen LogP contribution in [0, 0.1) is 0 Å². The maximum absolute atomic E-state index is 11.7. The lowest BCUT2D eigenvalue weighted by atomic mass is 9.94. The Balaban J connectivity index is 2.24. The molecule has 0 atom stereocenters. The third-order valence-corrected chi connectivity index (χ3v) is 4.49. The molecule has 1 aromatic rings. The molecule has 18 heavy (non-hydrogen) atoms. The van der Waals surface area contributed by atoms with Crippen molar-refractivity contribution in [1.29, 1.82) is 0 Å². The molecule has 0 aromatic carbocycles. The van der Waals surface area contributed by atoms with Gasteiger partial charge in [0.1, 0.15) is 10.6 Å². The Kier molecular flexibility index (Phi) is 4.06. The van der Waals surface area contributed by atoms with Crippen molar-refractivity contribution in [3.63, 3.8) is 0 Å². The molecule has 1 heterocycles. The summed E-state index contributed by atoms with van der Waals surface area (Å²) in [6.45, 7) is 0. The van der Waals surface area contributed by atoms with E-state index in [1.165, 1.54) is 37.9 Å². The van der Waals surface area contributed by atoms with Gasteiger partial charge in [-0.05, 0) is 24.4 Å². The minimum atomic E-state index is -0.404. The van der Waals surface area contributed by atoms with Crippen molar-refractivity contribution in [2.24, 2.45) is 0 Å². The van der Waals surface area contributed by atoms with Gasteiger partial charge < -0.3 is 15.4 Å². The smallest absolute Gasteiger partial charge is 0.344 e. The van der Waals surface area contributed by atoms with Crippen LogP contribution in [0.5, 0.6) is 0 Å². The van der Waals surface area contributed by atoms with Gasteiger partial charge in [-0.15, -0.1) is 0 Å². The fraction of sp³-hybridized carbons (Fsp3) is 0.667. The number of anilines is 2. The molecule has 5 nitrogen and oxygen atoms in total. The van der Waals surface area contributed by atoms with E-state index in [1.807, 2.05) is 7.05 Å². The van der Waals surface area contributed by atoms with E-state index in [2.05, 4.69) is 9.27 Å². The number of aromatic nitrogens is 1. The van der Waals surface area contributed by atoms with Gasteiger partial charge in [0.05, 0.1) is 7.11 Å². The minimum absolute atomic E-state index is 0.268. The molecule has 2 N–H and O–H groups in total. The normalized spacial score (nSPS) is 16.6. The van der Waals surface area contributed by atoms with Gasteiger partial charge in [0.15, 0.2) is 5.82 Å². The third kappa shape index (κ3) is 2.43. The summed E-state index contributed by atoms with van der Waals surface area (Å²) in [5.41, 5.74) is 6.17. The van der Waals surface area contributed by atoms with Crippen LogP contribution in [0.4, 0.5) is 10.8 Å². The summed E-state index contributed by atoms with van der Waals surface area (Å²) in [5.74, 6) is -0.136. The monoisotopic (exact) mass is 269 g/mol. The van der Waals surface area contributed by atoms with Gasteiger partial charge in [0.2, 0.25) is 0 Å². The zero-order valence-electron chi connectivity index (χ0n) is 10.8. The van der Waals surface area contributed by atoms with Crippen LogP contribution in [0.15, 0.2) is 0 Å². The van der Waals surface area contributed by atoms with E-state index in [0.29, 0.717) is 11.6 Å². The Bertz CT molecular complexity index is 427. The Labute approximate surface area is 111 Å². The molecule has 1 fully saturated rings. The lowest BCUT2D eigenvalue weighted by Gasteiger charge is -2.32. The number of carbonyl (C=O) groups excluding carboxylic acids is 1. The first-order valence-corrected chi connectivity index (χ1v) is 6.98. The van der Waals surface area contributed by atoms with E-state index in [0.717, 1.165) is 17.8 Å². The molecule has 100 valence electrons. The van der Waals surface area contributed by atoms with E-state index in [4.69, 9.17) is 10.5 Å². The molecule has 0 bridgehead atoms. The Morgan fingerprint density at radius 2 is 2.11 bits per heavy atom. The molecule has 0 saturated heterocycles. The van der Waals surface area contributed by atoms with E-state index < -0.39 is 5.97 Å². The van der Waals surface area contributed by atoms with Crippen molar-refractivity contribution in [2.75, 3.05) is 24.8 Å². The number of nitrogen functional groups attached to an aromatic ring is 1. The predicted molar refractivity (Wildman–Crippen MR) is 73.1 cm³/mol. The van der Waals surface area contributed by atoms with Gasteiger partial charge >= 0.3 is 5.97 Å². The Morgan fingerprint density at radius 3 is 2.72 bits per heavy atom. The largest absolute Gasteiger partial charge is 0.465 e. The number of nitrogens with two attached hydrogens (primary N) is 1. The zero-order valence-corrected chi connectivity index (χ0v) is 11.6. The predicted octanol–water partition coefficient (Wildman–Crippen LogP) is 2.28. The maximum atomic E-state index is 11.7. The molecule has 2 rings (SSSR count). The Morgan fingerprint density at radius 1 is 1.44 bits per heavy atom. The molecule has 0 amide bonds. The number of hydrogen-bond donors (Lipinski definition) is 1. The molecular weight excluding hydrogens is 250 g/mol. The molecule has 0 radical (unpaired) electrons. The van der Waals surface area contributed by atoms with Crippen molar-refractivity contribution in [1.82, 2.24) is 4.37 Å². The van der Waals surface area contributed by atoms with E-state index in [-0.39, 0.29) is 5.82 Å². The topological polar surface area (TPSA) is 68.5 Å². The quantitative estimate of drug-likeness (QED) is 0.853. The number of carbonyl (C=O) groups is 1. The van der Waals surface area contributed by atoms with Crippen molar-refractivity contribution < 1.29 is 9.53 Å². The molecule has 0 aliphatic heterocycles. The lowest BCUT2D eigenvalue weighted by Crippen LogP contribution is -2.33. The van der Waals surface area contributed by atoms with Crippen molar-refractivity contribution in [2.45, 2.75) is 38.1 Å². The van der Waals surface area contributed by atoms with Crippen LogP contribution in [0.2, 0.25) is 0 Å². The third-order valence-electron chi connectivity index (χ3n) is 3.53. The van der Waals surface area contributed by atoms with Gasteiger partial charge in [-0.25, -0.2) is 4.79 Å². The summed E-state index contributed by atoms with van der Waals surface area (Å²) >= 11 is 1.27. The molecule has 1 aliphatic carbocycles. The van der Waals surface area contributed by atoms with Crippen LogP contribution in [0.1, 0.15) is 42.5 Å². The standard InChI is InChI=1S/C12H19N3O2S/c1-15(8-6-4-3-5-7-8)11-9(12(16)17-2)10(13)14-18-11/h8H,3-7H2,1-2H3,(H2,13,14). The molecule has 1 aromatic heterocycles. The second-order valence-corrected chi connectivity index (χ2v) is 5.39. The van der Waals surface area contributed by atoms with Crippen LogP contribution in [-0.2, 0) is 4.74 Å². The van der Waals surface area contributed by atoms with Crippen LogP contribution >= 0.6 is 11.5 Å². The first kappa shape index (κ1) is 13.1. The molecule has 6 heteroatoms. The van der Waals surface area contributed by atoms with E-state index in [9.17, 15) is 4.79 Å². The van der Waals surface area contributed by atoms with Gasteiger partial charge in [-0.1, -0.05) is 19.3 Å². The molecule has 1 saturated carbocycles. The zero-order chi connectivity index (χ0) is 13.1. The van der Waals surface area contributed by atoms with Gasteiger partial charge in [-0.2, -0.15) is 4.37 Å². The number of esters is 1. The molecule has 0 spiro atoms. The first-order chi connectivity index (χ1) is 8.65. The average Bonchev–Trinajstić information content (AvgIpc) is 2.80. The first-order valence-electron chi connectivity index (χ1n) is 6.21. The molecule has 1 aliphatic rings. The maximum Gasteiger partial charge on any atom is 0.344 e. The van der Waals surface area contributed by atoms with Crippen molar-refractivity contribution >= 4 is 28.3 Å². The number of rotatable bonds is 3. The highest BCUT2D eigenvalue weighted by Crippen LogP contribution is 2.34. The van der Waals surface area contributed by atoms with Crippen LogP contribution < -0.4 is 10.6 Å². The number of hydrogen-bond acceptors (Lipinski definition) is 6. The summed E-state index contributed by atoms with van der Waals surface area (Å²) in [5, 5.41) is 0.825. The summed E-state index contributed by atoms with van der Waals surface area (Å²) < 4.78 is 8.85. The van der Waals surface area contributed by atoms with Crippen molar-refractivity contribution in [3.05, 3.63) is 5.56 Å². The van der Waals surface area contributed by atoms with Crippen LogP contribution in [0.3, 0.4) is 0 Å². The van der Waals surface area contributed by atoms with Crippen LogP contribution in [0.25, 0.3) is 0 Å². The van der Waals surface area contributed by atoms with E-state index in [1.54, 1.807) is 0 Å². The highest BCUT2D eigenvalue weighted by molar-refractivity contribution is 7.11. The highest BCUT2D eigenvalue weighted by Gasteiger charge is 2.27. The Hall–Kier alpha value is -1.30. The van der Waals surface area contributed by atoms with Gasteiger partial charge in [0.25, 0.3) is 0 Å². The second-order valence-electron chi connectivity index (χ2n) is 4.64. The van der Waals surface area contributed by atoms with E-state index >= 15 is 0 Å². The summed E-state index contributed by atoms with van der Waals surface area (Å²) in [6, 6.07) is 0.474. The number of methoxy groups -OCH3 is 1.